The van der Waals surface area contributed by atoms with Crippen molar-refractivity contribution in [3.05, 3.63) is 58.7 Å². The summed E-state index contributed by atoms with van der Waals surface area (Å²) in [6.07, 6.45) is 2.27. The van der Waals surface area contributed by atoms with Crippen molar-refractivity contribution in [1.29, 1.82) is 0 Å². The number of fused-ring (bicyclic) bond motifs is 1. The third kappa shape index (κ3) is 4.99. The number of esters is 2. The Morgan fingerprint density at radius 1 is 1.12 bits per heavy atom. The largest absolute Gasteiger partial charge is 0.507 e. The van der Waals surface area contributed by atoms with Crippen molar-refractivity contribution >= 4 is 17.7 Å². The van der Waals surface area contributed by atoms with E-state index in [9.17, 15) is 19.5 Å². The minimum absolute atomic E-state index is 0.0466. The third-order valence-corrected chi connectivity index (χ3v) is 5.23. The molecule has 0 bridgehead atoms. The van der Waals surface area contributed by atoms with E-state index >= 15 is 0 Å². The number of hydrogen-bond donors (Lipinski definition) is 1. The quantitative estimate of drug-likeness (QED) is 0.391. The number of phenolic OH excluding ortho intramolecular Hbond substituents is 1. The number of ether oxygens (including phenoxy) is 3. The molecule has 0 amide bonds. The molecule has 1 aliphatic heterocycles. The van der Waals surface area contributed by atoms with Crippen LogP contribution in [0.4, 0.5) is 0 Å². The van der Waals surface area contributed by atoms with Crippen LogP contribution in [0.2, 0.25) is 0 Å². The van der Waals surface area contributed by atoms with Gasteiger partial charge in [-0.25, -0.2) is 0 Å². The van der Waals surface area contributed by atoms with Gasteiger partial charge in [-0.15, -0.1) is 0 Å². The van der Waals surface area contributed by atoms with Crippen molar-refractivity contribution in [3.8, 4) is 23.0 Å². The number of carbonyl (C=O) groups excluding carboxylic acids is 3. The summed E-state index contributed by atoms with van der Waals surface area (Å²) < 4.78 is 16.6. The predicted molar refractivity (Wildman–Crippen MR) is 117 cm³/mol. The Morgan fingerprint density at radius 3 is 2.44 bits per heavy atom. The number of carbonyl (C=O) groups is 3. The SMILES string of the molecule is CC/C(C)=C/Cc1c(OC(C)=O)cc2c(c1O)C(=O)CC(c1ccccc1OC(C)=O)O2. The topological polar surface area (TPSA) is 99.1 Å². The lowest BCUT2D eigenvalue weighted by Gasteiger charge is -2.28. The lowest BCUT2D eigenvalue weighted by molar-refractivity contribution is -0.132. The molecule has 1 heterocycles. The maximum atomic E-state index is 13.0. The van der Waals surface area contributed by atoms with Crippen molar-refractivity contribution in [2.45, 2.75) is 53.1 Å². The van der Waals surface area contributed by atoms with Gasteiger partial charge in [0.05, 0.1) is 6.42 Å². The number of para-hydroxylation sites is 1. The Bertz CT molecular complexity index is 1100. The number of ketones is 1. The van der Waals surface area contributed by atoms with Crippen LogP contribution < -0.4 is 14.2 Å². The molecule has 2 aromatic rings. The highest BCUT2D eigenvalue weighted by Crippen LogP contribution is 2.46. The highest BCUT2D eigenvalue weighted by atomic mass is 16.5. The van der Waals surface area contributed by atoms with Gasteiger partial charge in [-0.1, -0.05) is 36.8 Å². The molecule has 0 aromatic heterocycles. The molecule has 0 spiro atoms. The zero-order valence-corrected chi connectivity index (χ0v) is 18.6. The Labute approximate surface area is 186 Å². The van der Waals surface area contributed by atoms with Gasteiger partial charge in [-0.05, 0) is 25.8 Å². The van der Waals surface area contributed by atoms with Crippen LogP contribution in [-0.4, -0.2) is 22.8 Å². The van der Waals surface area contributed by atoms with Gasteiger partial charge in [0.25, 0.3) is 0 Å². The third-order valence-electron chi connectivity index (χ3n) is 5.23. The van der Waals surface area contributed by atoms with Crippen molar-refractivity contribution < 1.29 is 33.7 Å². The number of aromatic hydroxyl groups is 1. The minimum atomic E-state index is -0.733. The fourth-order valence-corrected chi connectivity index (χ4v) is 3.52. The van der Waals surface area contributed by atoms with Crippen molar-refractivity contribution in [2.75, 3.05) is 0 Å². The van der Waals surface area contributed by atoms with Crippen LogP contribution in [-0.2, 0) is 16.0 Å². The average molecular weight is 438 g/mol. The molecule has 0 saturated heterocycles. The standard InChI is InChI=1S/C25H26O7/c1-5-14(2)10-11-18-22(31-16(4)27)13-23-24(25(18)29)19(28)12-21(32-23)17-8-6-7-9-20(17)30-15(3)26/h6-10,13,21,29H,5,11-12H2,1-4H3/b14-10+. The molecular formula is C25H26O7. The molecule has 3 rings (SSSR count). The van der Waals surface area contributed by atoms with Gasteiger partial charge in [0.1, 0.15) is 34.7 Å². The number of hydrogen-bond acceptors (Lipinski definition) is 7. The highest BCUT2D eigenvalue weighted by molar-refractivity contribution is 6.03. The molecule has 0 radical (unpaired) electrons. The molecule has 7 nitrogen and oxygen atoms in total. The van der Waals surface area contributed by atoms with Crippen LogP contribution in [0.25, 0.3) is 0 Å². The normalized spacial score (nSPS) is 15.6. The Kier molecular flexibility index (Phi) is 6.98. The number of phenols is 1. The summed E-state index contributed by atoms with van der Waals surface area (Å²) in [5.74, 6) is -1.08. The smallest absolute Gasteiger partial charge is 0.308 e. The monoisotopic (exact) mass is 438 g/mol. The van der Waals surface area contributed by atoms with Crippen LogP contribution >= 0.6 is 0 Å². The van der Waals surface area contributed by atoms with Gasteiger partial charge in [-0.3, -0.25) is 14.4 Å². The summed E-state index contributed by atoms with van der Waals surface area (Å²) in [5.41, 5.74) is 2.03. The lowest BCUT2D eigenvalue weighted by Crippen LogP contribution is -2.22. The van der Waals surface area contributed by atoms with Crippen LogP contribution in [0.3, 0.4) is 0 Å². The first-order chi connectivity index (χ1) is 15.2. The van der Waals surface area contributed by atoms with E-state index < -0.39 is 18.0 Å². The molecule has 7 heteroatoms. The number of rotatable bonds is 6. The fourth-order valence-electron chi connectivity index (χ4n) is 3.52. The molecule has 2 aromatic carbocycles. The second-order valence-corrected chi connectivity index (χ2v) is 7.64. The summed E-state index contributed by atoms with van der Waals surface area (Å²) in [4.78, 5) is 36.1. The Balaban J connectivity index is 2.06. The number of Topliss-reactive ketones (excluding diaryl/α,β-unsaturated/α-hetero) is 1. The molecular weight excluding hydrogens is 412 g/mol. The van der Waals surface area contributed by atoms with Crippen LogP contribution in [0, 0.1) is 0 Å². The lowest BCUT2D eigenvalue weighted by atomic mass is 9.92. The van der Waals surface area contributed by atoms with E-state index in [4.69, 9.17) is 14.2 Å². The molecule has 1 aliphatic rings. The zero-order valence-electron chi connectivity index (χ0n) is 18.6. The number of allylic oxidation sites excluding steroid dienone is 2. The number of benzene rings is 2. The summed E-state index contributed by atoms with van der Waals surface area (Å²) in [6.45, 7) is 6.52. The zero-order chi connectivity index (χ0) is 23.4. The van der Waals surface area contributed by atoms with Gasteiger partial charge in [-0.2, -0.15) is 0 Å². The molecule has 0 saturated carbocycles. The van der Waals surface area contributed by atoms with Crippen molar-refractivity contribution in [1.82, 2.24) is 0 Å². The van der Waals surface area contributed by atoms with E-state index in [2.05, 4.69) is 0 Å². The van der Waals surface area contributed by atoms with Gasteiger partial charge in [0.15, 0.2) is 5.78 Å². The molecule has 168 valence electrons. The second-order valence-electron chi connectivity index (χ2n) is 7.64. The first-order valence-corrected chi connectivity index (χ1v) is 10.4. The van der Waals surface area contributed by atoms with Crippen molar-refractivity contribution in [3.63, 3.8) is 0 Å². The molecule has 1 atom stereocenters. The predicted octanol–water partition coefficient (Wildman–Crippen LogP) is 4.85. The summed E-state index contributed by atoms with van der Waals surface area (Å²) in [6, 6.07) is 8.25. The van der Waals surface area contributed by atoms with E-state index in [1.165, 1.54) is 19.9 Å². The molecule has 1 unspecified atom stereocenters. The van der Waals surface area contributed by atoms with Crippen LogP contribution in [0.15, 0.2) is 42.0 Å². The van der Waals surface area contributed by atoms with Crippen LogP contribution in [0.1, 0.15) is 68.1 Å². The summed E-state index contributed by atoms with van der Waals surface area (Å²) >= 11 is 0. The first kappa shape index (κ1) is 23.1. The first-order valence-electron chi connectivity index (χ1n) is 10.4. The maximum Gasteiger partial charge on any atom is 0.308 e. The second kappa shape index (κ2) is 9.68. The maximum absolute atomic E-state index is 13.0. The molecule has 1 N–H and O–H groups in total. The van der Waals surface area contributed by atoms with Gasteiger partial charge < -0.3 is 19.3 Å². The highest BCUT2D eigenvalue weighted by Gasteiger charge is 2.34. The Hall–Kier alpha value is -3.61. The summed E-state index contributed by atoms with van der Waals surface area (Å²) in [5, 5.41) is 10.9. The average Bonchev–Trinajstić information content (AvgIpc) is 2.72. The molecule has 0 fully saturated rings. The van der Waals surface area contributed by atoms with E-state index in [0.717, 1.165) is 12.0 Å². The fraction of sp³-hybridized carbons (Fsp3) is 0.320. The minimum Gasteiger partial charge on any atom is -0.507 e. The van der Waals surface area contributed by atoms with E-state index in [0.29, 0.717) is 23.3 Å². The Morgan fingerprint density at radius 2 is 1.78 bits per heavy atom. The molecule has 0 aliphatic carbocycles. The van der Waals surface area contributed by atoms with E-state index in [1.54, 1.807) is 24.3 Å². The van der Waals surface area contributed by atoms with E-state index in [1.807, 2.05) is 19.9 Å². The van der Waals surface area contributed by atoms with E-state index in [-0.39, 0.29) is 35.0 Å². The van der Waals surface area contributed by atoms with Crippen molar-refractivity contribution in [2.24, 2.45) is 0 Å². The van der Waals surface area contributed by atoms with Gasteiger partial charge in [0.2, 0.25) is 0 Å². The molecule has 32 heavy (non-hydrogen) atoms. The summed E-state index contributed by atoms with van der Waals surface area (Å²) in [7, 11) is 0. The van der Waals surface area contributed by atoms with Gasteiger partial charge in [0, 0.05) is 31.0 Å². The van der Waals surface area contributed by atoms with Crippen LogP contribution in [0.5, 0.6) is 23.0 Å². The van der Waals surface area contributed by atoms with Gasteiger partial charge >= 0.3 is 11.9 Å².